The van der Waals surface area contributed by atoms with Gasteiger partial charge in [-0.3, -0.25) is 9.97 Å². The molecule has 1 atom stereocenters. The second-order valence-corrected chi connectivity index (χ2v) is 3.27. The molecular weight excluding hydrogens is 188 g/mol. The first kappa shape index (κ1) is 9.56. The zero-order chi connectivity index (χ0) is 10.7. The molecule has 4 nitrogen and oxygen atoms in total. The molecule has 0 unspecified atom stereocenters. The summed E-state index contributed by atoms with van der Waals surface area (Å²) in [5, 5.41) is 8.55. The maximum atomic E-state index is 8.55. The predicted octanol–water partition coefficient (Wildman–Crippen LogP) is 1.54. The molecule has 4 heteroatoms. The summed E-state index contributed by atoms with van der Waals surface area (Å²) < 4.78 is 0. The Hall–Kier alpha value is -1.99. The Bertz CT molecular complexity index is 515. The molecule has 0 aliphatic rings. The average molecular weight is 198 g/mol. The quantitative estimate of drug-likeness (QED) is 0.794. The van der Waals surface area contributed by atoms with E-state index in [1.807, 2.05) is 18.2 Å². The van der Waals surface area contributed by atoms with Crippen LogP contribution < -0.4 is 5.73 Å². The molecule has 1 aromatic carbocycles. The van der Waals surface area contributed by atoms with Crippen molar-refractivity contribution in [3.8, 4) is 6.07 Å². The number of aromatic nitrogens is 2. The van der Waals surface area contributed by atoms with Crippen LogP contribution in [-0.4, -0.2) is 9.97 Å². The highest BCUT2D eigenvalue weighted by Crippen LogP contribution is 2.17. The van der Waals surface area contributed by atoms with E-state index in [9.17, 15) is 0 Å². The van der Waals surface area contributed by atoms with Gasteiger partial charge in [0.15, 0.2) is 0 Å². The maximum absolute atomic E-state index is 8.55. The predicted molar refractivity (Wildman–Crippen MR) is 56.7 cm³/mol. The highest BCUT2D eigenvalue weighted by molar-refractivity contribution is 5.74. The molecule has 74 valence electrons. The van der Waals surface area contributed by atoms with Crippen molar-refractivity contribution >= 4 is 11.0 Å². The lowest BCUT2D eigenvalue weighted by Crippen LogP contribution is -2.09. The van der Waals surface area contributed by atoms with Crippen LogP contribution in [0.2, 0.25) is 0 Å². The molecule has 0 bridgehead atoms. The zero-order valence-corrected chi connectivity index (χ0v) is 8.09. The summed E-state index contributed by atoms with van der Waals surface area (Å²) in [5.41, 5.74) is 8.39. The standard InChI is InChI=1S/C11H10N4/c12-4-3-9(13)8-1-2-10-11(7-8)15-6-5-14-10/h1-2,5-7,9H,3,13H2/t9-/m1/s1. The number of nitriles is 1. The van der Waals surface area contributed by atoms with Crippen LogP contribution in [0.15, 0.2) is 30.6 Å². The topological polar surface area (TPSA) is 75.6 Å². The Morgan fingerprint density at radius 2 is 2.00 bits per heavy atom. The second-order valence-electron chi connectivity index (χ2n) is 3.27. The molecule has 0 aliphatic carbocycles. The lowest BCUT2D eigenvalue weighted by Gasteiger charge is -2.07. The minimum atomic E-state index is -0.249. The van der Waals surface area contributed by atoms with E-state index in [0.29, 0.717) is 6.42 Å². The van der Waals surface area contributed by atoms with Gasteiger partial charge in [0.05, 0.1) is 23.5 Å². The highest BCUT2D eigenvalue weighted by Gasteiger charge is 2.06. The van der Waals surface area contributed by atoms with E-state index in [0.717, 1.165) is 16.6 Å². The van der Waals surface area contributed by atoms with Crippen molar-refractivity contribution in [3.63, 3.8) is 0 Å². The van der Waals surface area contributed by atoms with Gasteiger partial charge in [0.1, 0.15) is 0 Å². The summed E-state index contributed by atoms with van der Waals surface area (Å²) in [6, 6.07) is 7.44. The van der Waals surface area contributed by atoms with Crippen molar-refractivity contribution in [1.29, 1.82) is 5.26 Å². The minimum Gasteiger partial charge on any atom is -0.323 e. The van der Waals surface area contributed by atoms with E-state index < -0.39 is 0 Å². The molecule has 0 saturated carbocycles. The van der Waals surface area contributed by atoms with Gasteiger partial charge in [-0.05, 0) is 17.7 Å². The van der Waals surface area contributed by atoms with Gasteiger partial charge < -0.3 is 5.73 Å². The van der Waals surface area contributed by atoms with Crippen LogP contribution in [0.3, 0.4) is 0 Å². The van der Waals surface area contributed by atoms with Gasteiger partial charge in [0.2, 0.25) is 0 Å². The van der Waals surface area contributed by atoms with E-state index in [2.05, 4.69) is 16.0 Å². The summed E-state index contributed by atoms with van der Waals surface area (Å²) >= 11 is 0. The third kappa shape index (κ3) is 1.92. The Balaban J connectivity index is 2.43. The molecule has 0 radical (unpaired) electrons. The van der Waals surface area contributed by atoms with Crippen molar-refractivity contribution in [2.75, 3.05) is 0 Å². The van der Waals surface area contributed by atoms with Crippen LogP contribution in [0.25, 0.3) is 11.0 Å². The number of fused-ring (bicyclic) bond motifs is 1. The Kier molecular flexibility index (Phi) is 2.57. The number of nitrogens with two attached hydrogens (primary N) is 1. The molecule has 0 aliphatic heterocycles. The lowest BCUT2D eigenvalue weighted by molar-refractivity contribution is 0.749. The number of rotatable bonds is 2. The summed E-state index contributed by atoms with van der Waals surface area (Å²) in [7, 11) is 0. The van der Waals surface area contributed by atoms with Crippen molar-refractivity contribution < 1.29 is 0 Å². The van der Waals surface area contributed by atoms with Gasteiger partial charge >= 0.3 is 0 Å². The van der Waals surface area contributed by atoms with E-state index in [1.165, 1.54) is 0 Å². The Morgan fingerprint density at radius 1 is 1.27 bits per heavy atom. The fraction of sp³-hybridized carbons (Fsp3) is 0.182. The Labute approximate surface area is 87.4 Å². The fourth-order valence-corrected chi connectivity index (χ4v) is 1.43. The highest BCUT2D eigenvalue weighted by atomic mass is 14.8. The summed E-state index contributed by atoms with van der Waals surface area (Å²) in [4.78, 5) is 8.34. The molecular formula is C11H10N4. The summed E-state index contributed by atoms with van der Waals surface area (Å²) in [6.45, 7) is 0. The molecule has 2 aromatic rings. The molecule has 15 heavy (non-hydrogen) atoms. The number of hydrogen-bond donors (Lipinski definition) is 1. The van der Waals surface area contributed by atoms with Gasteiger partial charge in [-0.1, -0.05) is 6.07 Å². The van der Waals surface area contributed by atoms with E-state index in [4.69, 9.17) is 11.0 Å². The molecule has 0 spiro atoms. The van der Waals surface area contributed by atoms with Crippen LogP contribution in [0.5, 0.6) is 0 Å². The monoisotopic (exact) mass is 198 g/mol. The van der Waals surface area contributed by atoms with Crippen molar-refractivity contribution in [2.24, 2.45) is 5.73 Å². The molecule has 2 N–H and O–H groups in total. The summed E-state index contributed by atoms with van der Waals surface area (Å²) in [5.74, 6) is 0. The Morgan fingerprint density at radius 3 is 2.73 bits per heavy atom. The number of hydrogen-bond acceptors (Lipinski definition) is 4. The lowest BCUT2D eigenvalue weighted by atomic mass is 10.0. The normalized spacial score (nSPS) is 12.3. The first-order valence-corrected chi connectivity index (χ1v) is 4.64. The molecule has 0 amide bonds. The first-order chi connectivity index (χ1) is 7.31. The van der Waals surface area contributed by atoms with E-state index in [-0.39, 0.29) is 6.04 Å². The molecule has 1 heterocycles. The van der Waals surface area contributed by atoms with Gasteiger partial charge in [0.25, 0.3) is 0 Å². The van der Waals surface area contributed by atoms with Crippen LogP contribution in [0.4, 0.5) is 0 Å². The third-order valence-corrected chi connectivity index (χ3v) is 2.23. The van der Waals surface area contributed by atoms with Gasteiger partial charge in [0, 0.05) is 18.4 Å². The minimum absolute atomic E-state index is 0.249. The molecule has 1 aromatic heterocycles. The molecule has 0 saturated heterocycles. The van der Waals surface area contributed by atoms with Crippen LogP contribution in [0.1, 0.15) is 18.0 Å². The molecule has 0 fully saturated rings. The zero-order valence-electron chi connectivity index (χ0n) is 8.09. The molecule has 2 rings (SSSR count). The second kappa shape index (κ2) is 4.03. The van der Waals surface area contributed by atoms with E-state index in [1.54, 1.807) is 12.4 Å². The van der Waals surface area contributed by atoms with Gasteiger partial charge in [-0.15, -0.1) is 0 Å². The van der Waals surface area contributed by atoms with E-state index >= 15 is 0 Å². The number of nitrogens with zero attached hydrogens (tertiary/aromatic N) is 3. The third-order valence-electron chi connectivity index (χ3n) is 2.23. The van der Waals surface area contributed by atoms with Crippen LogP contribution >= 0.6 is 0 Å². The van der Waals surface area contributed by atoms with Gasteiger partial charge in [-0.2, -0.15) is 5.26 Å². The largest absolute Gasteiger partial charge is 0.323 e. The van der Waals surface area contributed by atoms with Crippen molar-refractivity contribution in [1.82, 2.24) is 9.97 Å². The van der Waals surface area contributed by atoms with Gasteiger partial charge in [-0.25, -0.2) is 0 Å². The fourth-order valence-electron chi connectivity index (χ4n) is 1.43. The summed E-state index contributed by atoms with van der Waals surface area (Å²) in [6.07, 6.45) is 3.60. The number of benzene rings is 1. The smallest absolute Gasteiger partial charge is 0.0890 e. The first-order valence-electron chi connectivity index (χ1n) is 4.64. The van der Waals surface area contributed by atoms with Crippen LogP contribution in [0, 0.1) is 11.3 Å². The van der Waals surface area contributed by atoms with Crippen molar-refractivity contribution in [2.45, 2.75) is 12.5 Å². The van der Waals surface area contributed by atoms with Crippen molar-refractivity contribution in [3.05, 3.63) is 36.2 Å². The SMILES string of the molecule is N#CC[C@@H](N)c1ccc2nccnc2c1. The van der Waals surface area contributed by atoms with Crippen LogP contribution in [-0.2, 0) is 0 Å². The average Bonchev–Trinajstić information content (AvgIpc) is 2.29. The maximum Gasteiger partial charge on any atom is 0.0890 e.